The van der Waals surface area contributed by atoms with Gasteiger partial charge in [0.1, 0.15) is 4.92 Å². The number of piperazine rings is 1. The molecule has 29 heavy (non-hydrogen) atoms. The SMILES string of the molecule is O=C(Nc1ccccc1N1CCN(c2ccccc2)CC1)c1ccc([N+](=O)[O-])o1. The van der Waals surface area contributed by atoms with Gasteiger partial charge in [-0.05, 0) is 30.3 Å². The van der Waals surface area contributed by atoms with E-state index in [2.05, 4.69) is 27.2 Å². The molecule has 2 aromatic carbocycles. The van der Waals surface area contributed by atoms with Crippen LogP contribution in [0.3, 0.4) is 0 Å². The van der Waals surface area contributed by atoms with Crippen molar-refractivity contribution in [2.24, 2.45) is 0 Å². The van der Waals surface area contributed by atoms with E-state index in [1.54, 1.807) is 0 Å². The Morgan fingerprint density at radius 3 is 2.24 bits per heavy atom. The van der Waals surface area contributed by atoms with Gasteiger partial charge in [0.05, 0.1) is 17.4 Å². The van der Waals surface area contributed by atoms with E-state index >= 15 is 0 Å². The van der Waals surface area contributed by atoms with Crippen molar-refractivity contribution in [1.29, 1.82) is 0 Å². The highest BCUT2D eigenvalue weighted by molar-refractivity contribution is 6.04. The van der Waals surface area contributed by atoms with Crippen LogP contribution in [0.5, 0.6) is 0 Å². The Hall–Kier alpha value is -3.81. The first kappa shape index (κ1) is 18.5. The fourth-order valence-electron chi connectivity index (χ4n) is 3.43. The van der Waals surface area contributed by atoms with E-state index in [0.717, 1.165) is 31.9 Å². The van der Waals surface area contributed by atoms with Crippen LogP contribution in [0.15, 0.2) is 71.1 Å². The van der Waals surface area contributed by atoms with E-state index in [0.29, 0.717) is 5.69 Å². The van der Waals surface area contributed by atoms with Crippen molar-refractivity contribution in [2.75, 3.05) is 41.3 Å². The summed E-state index contributed by atoms with van der Waals surface area (Å²) < 4.78 is 5.00. The Morgan fingerprint density at radius 2 is 1.55 bits per heavy atom. The number of rotatable bonds is 5. The Morgan fingerprint density at radius 1 is 0.897 bits per heavy atom. The number of nitrogens with zero attached hydrogens (tertiary/aromatic N) is 3. The minimum absolute atomic E-state index is 0.0969. The van der Waals surface area contributed by atoms with Crippen LogP contribution in [-0.4, -0.2) is 37.0 Å². The molecule has 0 spiro atoms. The molecule has 0 unspecified atom stereocenters. The van der Waals surface area contributed by atoms with E-state index in [1.807, 2.05) is 42.5 Å². The average molecular weight is 392 g/mol. The van der Waals surface area contributed by atoms with Crippen LogP contribution in [0.1, 0.15) is 10.6 Å². The first-order valence-corrected chi connectivity index (χ1v) is 9.31. The largest absolute Gasteiger partial charge is 0.433 e. The second-order valence-electron chi connectivity index (χ2n) is 6.68. The number of para-hydroxylation sites is 3. The summed E-state index contributed by atoms with van der Waals surface area (Å²) in [6, 6.07) is 20.3. The Kier molecular flexibility index (Phi) is 5.15. The quantitative estimate of drug-likeness (QED) is 0.525. The van der Waals surface area contributed by atoms with Gasteiger partial charge in [0.15, 0.2) is 5.76 Å². The van der Waals surface area contributed by atoms with E-state index in [1.165, 1.54) is 17.8 Å². The third-order valence-corrected chi connectivity index (χ3v) is 4.89. The normalized spacial score (nSPS) is 13.9. The monoisotopic (exact) mass is 392 g/mol. The predicted molar refractivity (Wildman–Crippen MR) is 111 cm³/mol. The number of hydrogen-bond donors (Lipinski definition) is 1. The zero-order valence-corrected chi connectivity index (χ0v) is 15.7. The van der Waals surface area contributed by atoms with Gasteiger partial charge in [-0.1, -0.05) is 30.3 Å². The number of carbonyl (C=O) groups excluding carboxylic acids is 1. The van der Waals surface area contributed by atoms with Gasteiger partial charge in [-0.15, -0.1) is 0 Å². The molecule has 0 aliphatic carbocycles. The third-order valence-electron chi connectivity index (χ3n) is 4.89. The molecule has 3 aromatic rings. The zero-order chi connectivity index (χ0) is 20.2. The molecule has 1 aromatic heterocycles. The minimum atomic E-state index is -0.670. The van der Waals surface area contributed by atoms with Crippen molar-refractivity contribution < 1.29 is 14.1 Å². The standard InChI is InChI=1S/C21H20N4O4/c26-21(19-10-11-20(29-19)25(27)28)22-17-8-4-5-9-18(17)24-14-12-23(13-15-24)16-6-2-1-3-7-16/h1-11H,12-15H2,(H,22,26). The number of anilines is 3. The van der Waals surface area contributed by atoms with Gasteiger partial charge in [0.25, 0.3) is 5.91 Å². The van der Waals surface area contributed by atoms with Crippen molar-refractivity contribution in [3.8, 4) is 0 Å². The minimum Gasteiger partial charge on any atom is -0.395 e. The highest BCUT2D eigenvalue weighted by atomic mass is 16.6. The van der Waals surface area contributed by atoms with Crippen LogP contribution in [0.4, 0.5) is 22.9 Å². The molecule has 1 aliphatic heterocycles. The lowest BCUT2D eigenvalue weighted by Crippen LogP contribution is -2.46. The van der Waals surface area contributed by atoms with E-state index in [-0.39, 0.29) is 5.76 Å². The molecule has 4 rings (SSSR count). The van der Waals surface area contributed by atoms with Crippen LogP contribution in [0, 0.1) is 10.1 Å². The van der Waals surface area contributed by atoms with Gasteiger partial charge in [-0.25, -0.2) is 0 Å². The summed E-state index contributed by atoms with van der Waals surface area (Å²) in [5.41, 5.74) is 2.76. The van der Waals surface area contributed by atoms with Crippen molar-refractivity contribution >= 4 is 28.9 Å². The van der Waals surface area contributed by atoms with Gasteiger partial charge in [-0.3, -0.25) is 14.9 Å². The van der Waals surface area contributed by atoms with E-state index < -0.39 is 16.7 Å². The molecule has 0 radical (unpaired) electrons. The summed E-state index contributed by atoms with van der Waals surface area (Å²) in [5, 5.41) is 13.6. The topological polar surface area (TPSA) is 91.9 Å². The van der Waals surface area contributed by atoms with Gasteiger partial charge in [0.2, 0.25) is 0 Å². The molecule has 8 nitrogen and oxygen atoms in total. The molecule has 148 valence electrons. The summed E-state index contributed by atoms with van der Waals surface area (Å²) in [6.45, 7) is 3.37. The Balaban J connectivity index is 1.46. The zero-order valence-electron chi connectivity index (χ0n) is 15.7. The molecule has 1 amide bonds. The fraction of sp³-hybridized carbons (Fsp3) is 0.190. The van der Waals surface area contributed by atoms with Crippen LogP contribution < -0.4 is 15.1 Å². The lowest BCUT2D eigenvalue weighted by molar-refractivity contribution is -0.402. The van der Waals surface area contributed by atoms with Crippen LogP contribution in [0.2, 0.25) is 0 Å². The molecule has 1 aliphatic rings. The number of furan rings is 1. The Labute approximate surface area is 167 Å². The summed E-state index contributed by atoms with van der Waals surface area (Å²) in [7, 11) is 0. The summed E-state index contributed by atoms with van der Waals surface area (Å²) in [6.07, 6.45) is 0. The van der Waals surface area contributed by atoms with Gasteiger partial charge >= 0.3 is 5.88 Å². The summed E-state index contributed by atoms with van der Waals surface area (Å²) in [5.74, 6) is -1.07. The van der Waals surface area contributed by atoms with Crippen molar-refractivity contribution in [3.05, 3.63) is 82.6 Å². The first-order chi connectivity index (χ1) is 14.1. The molecule has 0 saturated carbocycles. The lowest BCUT2D eigenvalue weighted by Gasteiger charge is -2.38. The highest BCUT2D eigenvalue weighted by Crippen LogP contribution is 2.28. The van der Waals surface area contributed by atoms with E-state index in [9.17, 15) is 14.9 Å². The molecule has 8 heteroatoms. The summed E-state index contributed by atoms with van der Waals surface area (Å²) >= 11 is 0. The third kappa shape index (κ3) is 4.06. The fourth-order valence-corrected chi connectivity index (χ4v) is 3.43. The first-order valence-electron chi connectivity index (χ1n) is 9.31. The van der Waals surface area contributed by atoms with E-state index in [4.69, 9.17) is 4.42 Å². The second kappa shape index (κ2) is 8.05. The van der Waals surface area contributed by atoms with Crippen molar-refractivity contribution in [3.63, 3.8) is 0 Å². The molecule has 1 saturated heterocycles. The molecule has 0 bridgehead atoms. The highest BCUT2D eigenvalue weighted by Gasteiger charge is 2.22. The molecule has 1 N–H and O–H groups in total. The number of hydrogen-bond acceptors (Lipinski definition) is 6. The van der Waals surface area contributed by atoms with Gasteiger partial charge in [0, 0.05) is 31.9 Å². The molecular weight excluding hydrogens is 372 g/mol. The maximum absolute atomic E-state index is 12.5. The maximum Gasteiger partial charge on any atom is 0.433 e. The lowest BCUT2D eigenvalue weighted by atomic mass is 10.2. The van der Waals surface area contributed by atoms with Gasteiger partial charge < -0.3 is 19.5 Å². The number of nitro groups is 1. The Bertz CT molecular complexity index is 1010. The molecular formula is C21H20N4O4. The molecule has 2 heterocycles. The predicted octanol–water partition coefficient (Wildman–Crippen LogP) is 3.77. The van der Waals surface area contributed by atoms with Crippen LogP contribution in [-0.2, 0) is 0 Å². The van der Waals surface area contributed by atoms with Crippen LogP contribution >= 0.6 is 0 Å². The number of carbonyl (C=O) groups is 1. The number of amides is 1. The smallest absolute Gasteiger partial charge is 0.395 e. The average Bonchev–Trinajstić information content (AvgIpc) is 3.26. The van der Waals surface area contributed by atoms with Gasteiger partial charge in [-0.2, -0.15) is 0 Å². The second-order valence-corrected chi connectivity index (χ2v) is 6.68. The van der Waals surface area contributed by atoms with Crippen molar-refractivity contribution in [2.45, 2.75) is 0 Å². The number of benzene rings is 2. The van der Waals surface area contributed by atoms with Crippen molar-refractivity contribution in [1.82, 2.24) is 0 Å². The van der Waals surface area contributed by atoms with Crippen LogP contribution in [0.25, 0.3) is 0 Å². The number of nitrogens with one attached hydrogen (secondary N) is 1. The molecule has 1 fully saturated rings. The maximum atomic E-state index is 12.5. The summed E-state index contributed by atoms with van der Waals surface area (Å²) in [4.78, 5) is 27.1. The molecule has 0 atom stereocenters.